The molecule has 0 amide bonds. The fraction of sp³-hybridized carbons (Fsp3) is 0.100. The summed E-state index contributed by atoms with van der Waals surface area (Å²) in [4.78, 5) is 11.4. The molecule has 1 heterocycles. The van der Waals surface area contributed by atoms with Gasteiger partial charge >= 0.3 is 12.0 Å². The van der Waals surface area contributed by atoms with Gasteiger partial charge in [-0.3, -0.25) is 0 Å². The first-order valence-corrected chi connectivity index (χ1v) is 5.80. The Morgan fingerprint density at radius 1 is 1.00 bits per heavy atom. The third-order valence-corrected chi connectivity index (χ3v) is 2.56. The Labute approximate surface area is 118 Å². The molecule has 0 N–H and O–H groups in total. The molecule has 0 aliphatic carbocycles. The Morgan fingerprint density at radius 2 is 1.72 bits per heavy atom. The van der Waals surface area contributed by atoms with Crippen molar-refractivity contribution in [1.29, 1.82) is 0 Å². The van der Waals surface area contributed by atoms with Crippen molar-refractivity contribution in [2.45, 2.75) is 0 Å². The Hall–Kier alpha value is -1.30. The van der Waals surface area contributed by atoms with Crippen LogP contribution in [-0.4, -0.2) is 22.1 Å². The second-order valence-corrected chi connectivity index (χ2v) is 4.23. The first-order valence-electron chi connectivity index (χ1n) is 4.67. The van der Waals surface area contributed by atoms with Crippen molar-refractivity contribution in [3.8, 4) is 17.8 Å². The third kappa shape index (κ3) is 3.13. The van der Waals surface area contributed by atoms with Crippen LogP contribution in [-0.2, 0) is 0 Å². The maximum Gasteiger partial charge on any atom is 0.329 e. The fourth-order valence-corrected chi connectivity index (χ4v) is 1.57. The zero-order chi connectivity index (χ0) is 13.1. The largest absolute Gasteiger partial charge is 0.467 e. The summed E-state index contributed by atoms with van der Waals surface area (Å²) in [6.45, 7) is 0. The molecular formula is C10H6Cl3N3O2. The molecule has 0 unspecified atom stereocenters. The summed E-state index contributed by atoms with van der Waals surface area (Å²) >= 11 is 17.5. The van der Waals surface area contributed by atoms with E-state index in [-0.39, 0.29) is 17.3 Å². The molecule has 5 nitrogen and oxygen atoms in total. The normalized spacial score (nSPS) is 10.2. The second-order valence-electron chi connectivity index (χ2n) is 3.05. The molecule has 0 bridgehead atoms. The van der Waals surface area contributed by atoms with Crippen LogP contribution in [0.25, 0.3) is 0 Å². The van der Waals surface area contributed by atoms with Crippen LogP contribution < -0.4 is 9.47 Å². The molecule has 0 radical (unpaired) electrons. The average Bonchev–Trinajstić information content (AvgIpc) is 2.33. The summed E-state index contributed by atoms with van der Waals surface area (Å²) < 4.78 is 10.2. The molecule has 94 valence electrons. The van der Waals surface area contributed by atoms with Gasteiger partial charge in [-0.2, -0.15) is 9.97 Å². The summed E-state index contributed by atoms with van der Waals surface area (Å²) in [7, 11) is 1.40. The Kier molecular flexibility index (Phi) is 4.06. The summed E-state index contributed by atoms with van der Waals surface area (Å²) in [5, 5.41) is 0.798. The minimum Gasteiger partial charge on any atom is -0.467 e. The van der Waals surface area contributed by atoms with Crippen molar-refractivity contribution in [3.05, 3.63) is 33.5 Å². The molecule has 0 spiro atoms. The Morgan fingerprint density at radius 3 is 2.44 bits per heavy atom. The quantitative estimate of drug-likeness (QED) is 0.866. The second kappa shape index (κ2) is 5.56. The fourth-order valence-electron chi connectivity index (χ4n) is 1.11. The van der Waals surface area contributed by atoms with E-state index in [1.807, 2.05) is 0 Å². The van der Waals surface area contributed by atoms with E-state index < -0.39 is 0 Å². The molecule has 0 atom stereocenters. The molecule has 2 aromatic rings. The highest BCUT2D eigenvalue weighted by molar-refractivity contribution is 6.34. The molecule has 2 rings (SSSR count). The average molecular weight is 307 g/mol. The van der Waals surface area contributed by atoms with Gasteiger partial charge in [-0.25, -0.2) is 0 Å². The molecule has 8 heteroatoms. The van der Waals surface area contributed by atoms with Crippen LogP contribution in [0.15, 0.2) is 18.2 Å². The number of ether oxygens (including phenoxy) is 2. The summed E-state index contributed by atoms with van der Waals surface area (Å²) in [6.07, 6.45) is 0. The van der Waals surface area contributed by atoms with Crippen molar-refractivity contribution in [1.82, 2.24) is 15.0 Å². The number of aromatic nitrogens is 3. The highest BCUT2D eigenvalue weighted by Crippen LogP contribution is 2.31. The molecular weight excluding hydrogens is 300 g/mol. The van der Waals surface area contributed by atoms with Crippen molar-refractivity contribution >= 4 is 34.8 Å². The van der Waals surface area contributed by atoms with E-state index >= 15 is 0 Å². The van der Waals surface area contributed by atoms with Crippen molar-refractivity contribution < 1.29 is 9.47 Å². The van der Waals surface area contributed by atoms with Crippen LogP contribution in [0.1, 0.15) is 0 Å². The van der Waals surface area contributed by atoms with Gasteiger partial charge in [-0.15, -0.1) is 4.98 Å². The van der Waals surface area contributed by atoms with Crippen LogP contribution in [0.3, 0.4) is 0 Å². The molecule has 0 saturated carbocycles. The van der Waals surface area contributed by atoms with Crippen LogP contribution in [0, 0.1) is 0 Å². The van der Waals surface area contributed by atoms with Gasteiger partial charge in [0.15, 0.2) is 5.75 Å². The molecule has 0 saturated heterocycles. The van der Waals surface area contributed by atoms with Crippen LogP contribution in [0.5, 0.6) is 17.8 Å². The maximum atomic E-state index is 5.94. The van der Waals surface area contributed by atoms with E-state index in [2.05, 4.69) is 15.0 Å². The van der Waals surface area contributed by atoms with E-state index in [9.17, 15) is 0 Å². The lowest BCUT2D eigenvalue weighted by atomic mass is 10.3. The van der Waals surface area contributed by atoms with Crippen molar-refractivity contribution in [2.75, 3.05) is 7.11 Å². The van der Waals surface area contributed by atoms with Crippen LogP contribution in [0.2, 0.25) is 15.3 Å². The Bertz CT molecular complexity index is 580. The van der Waals surface area contributed by atoms with Crippen LogP contribution >= 0.6 is 34.8 Å². The van der Waals surface area contributed by atoms with Crippen molar-refractivity contribution in [2.24, 2.45) is 0 Å². The third-order valence-electron chi connectivity index (χ3n) is 1.84. The highest BCUT2D eigenvalue weighted by atomic mass is 35.5. The molecule has 0 aliphatic heterocycles. The number of nitrogens with zero attached hydrogens (tertiary/aromatic N) is 3. The summed E-state index contributed by atoms with van der Waals surface area (Å²) in [5.74, 6) is 0.313. The highest BCUT2D eigenvalue weighted by Gasteiger charge is 2.10. The summed E-state index contributed by atoms with van der Waals surface area (Å²) in [6, 6.07) is 4.78. The number of hydrogen-bond acceptors (Lipinski definition) is 5. The number of methoxy groups -OCH3 is 1. The predicted octanol–water partition coefficient (Wildman–Crippen LogP) is 3.63. The molecule has 18 heavy (non-hydrogen) atoms. The van der Waals surface area contributed by atoms with Gasteiger partial charge in [-0.05, 0) is 23.7 Å². The van der Waals surface area contributed by atoms with Gasteiger partial charge in [0, 0.05) is 11.1 Å². The van der Waals surface area contributed by atoms with Crippen LogP contribution in [0.4, 0.5) is 0 Å². The van der Waals surface area contributed by atoms with E-state index in [1.165, 1.54) is 13.2 Å². The van der Waals surface area contributed by atoms with Gasteiger partial charge in [0.1, 0.15) is 0 Å². The lowest BCUT2D eigenvalue weighted by molar-refractivity contribution is 0.359. The zero-order valence-electron chi connectivity index (χ0n) is 9.02. The first kappa shape index (κ1) is 13.1. The molecule has 0 fully saturated rings. The lowest BCUT2D eigenvalue weighted by Crippen LogP contribution is -1.98. The van der Waals surface area contributed by atoms with Gasteiger partial charge in [0.25, 0.3) is 0 Å². The monoisotopic (exact) mass is 305 g/mol. The standard InChI is InChI=1S/C10H6Cl3N3O2/c1-17-9-14-8(13)15-10(16-9)18-7-4-5(11)2-3-6(7)12/h2-4H,1H3. The number of halogens is 3. The molecule has 0 aliphatic rings. The number of hydrogen-bond donors (Lipinski definition) is 0. The molecule has 1 aromatic heterocycles. The smallest absolute Gasteiger partial charge is 0.329 e. The van der Waals surface area contributed by atoms with Gasteiger partial charge < -0.3 is 9.47 Å². The number of rotatable bonds is 3. The number of benzene rings is 1. The Balaban J connectivity index is 2.33. The van der Waals surface area contributed by atoms with Gasteiger partial charge in [-0.1, -0.05) is 23.2 Å². The van der Waals surface area contributed by atoms with Gasteiger partial charge in [0.2, 0.25) is 5.28 Å². The minimum absolute atomic E-state index is 0.0315. The predicted molar refractivity (Wildman–Crippen MR) is 67.9 cm³/mol. The summed E-state index contributed by atoms with van der Waals surface area (Å²) in [5.41, 5.74) is 0. The van der Waals surface area contributed by atoms with Gasteiger partial charge in [0.05, 0.1) is 12.1 Å². The maximum absolute atomic E-state index is 5.94. The van der Waals surface area contributed by atoms with E-state index in [0.29, 0.717) is 15.8 Å². The first-order chi connectivity index (χ1) is 8.58. The SMILES string of the molecule is COc1nc(Cl)nc(Oc2cc(Cl)ccc2Cl)n1. The topological polar surface area (TPSA) is 57.1 Å². The lowest BCUT2D eigenvalue weighted by Gasteiger charge is -2.06. The van der Waals surface area contributed by atoms with Crippen molar-refractivity contribution in [3.63, 3.8) is 0 Å². The van der Waals surface area contributed by atoms with E-state index in [0.717, 1.165) is 0 Å². The van der Waals surface area contributed by atoms with E-state index in [4.69, 9.17) is 44.3 Å². The molecule has 1 aromatic carbocycles. The van der Waals surface area contributed by atoms with E-state index in [1.54, 1.807) is 12.1 Å². The zero-order valence-corrected chi connectivity index (χ0v) is 11.3. The minimum atomic E-state index is -0.0463.